The summed E-state index contributed by atoms with van der Waals surface area (Å²) in [5, 5.41) is 3.22. The Morgan fingerprint density at radius 2 is 1.79 bits per heavy atom. The van der Waals surface area contributed by atoms with E-state index in [1.807, 2.05) is 20.8 Å². The number of benzene rings is 1. The van der Waals surface area contributed by atoms with Gasteiger partial charge in [-0.2, -0.15) is 0 Å². The molecule has 2 fully saturated rings. The Hall–Kier alpha value is -2.35. The van der Waals surface area contributed by atoms with Crippen LogP contribution in [0, 0.1) is 10.8 Å². The highest BCUT2D eigenvalue weighted by Gasteiger charge is 2.32. The summed E-state index contributed by atoms with van der Waals surface area (Å²) in [5.41, 5.74) is 0.557. The van der Waals surface area contributed by atoms with Gasteiger partial charge in [-0.15, -0.1) is 0 Å². The number of nitrogens with one attached hydrogen (secondary N) is 1. The van der Waals surface area contributed by atoms with E-state index < -0.39 is 5.60 Å². The van der Waals surface area contributed by atoms with E-state index in [2.05, 4.69) is 17.1 Å². The van der Waals surface area contributed by atoms with Gasteiger partial charge in [0.05, 0.1) is 4.91 Å². The van der Waals surface area contributed by atoms with E-state index in [0.29, 0.717) is 35.4 Å². The Kier molecular flexibility index (Phi) is 6.62. The zero-order chi connectivity index (χ0) is 21.0. The van der Waals surface area contributed by atoms with Crippen LogP contribution in [-0.4, -0.2) is 60.8 Å². The number of piperazine rings is 1. The second-order valence-corrected chi connectivity index (χ2v) is 8.89. The van der Waals surface area contributed by atoms with Gasteiger partial charge in [-0.3, -0.25) is 0 Å². The molecule has 8 nitrogen and oxygen atoms in total. The van der Waals surface area contributed by atoms with Gasteiger partial charge in [-0.05, 0) is 45.6 Å². The lowest BCUT2D eigenvalue weighted by Crippen LogP contribution is -2.47. The summed E-state index contributed by atoms with van der Waals surface area (Å²) in [6.07, 6.45) is 1.76. The number of anilines is 1. The van der Waals surface area contributed by atoms with Crippen LogP contribution in [0.2, 0.25) is 0 Å². The summed E-state index contributed by atoms with van der Waals surface area (Å²) in [5.74, 6) is 1.10. The number of carbonyl (C=O) groups is 1. The Morgan fingerprint density at radius 1 is 1.14 bits per heavy atom. The first-order chi connectivity index (χ1) is 13.7. The Balaban J connectivity index is 1.82. The van der Waals surface area contributed by atoms with E-state index >= 15 is 0 Å². The van der Waals surface area contributed by atoms with Crippen molar-refractivity contribution >= 4 is 17.5 Å². The highest BCUT2D eigenvalue weighted by molar-refractivity contribution is 5.73. The summed E-state index contributed by atoms with van der Waals surface area (Å²) in [6.45, 7) is 12.2. The number of hydrogen-bond acceptors (Lipinski definition) is 6. The molecule has 1 amide bonds. The van der Waals surface area contributed by atoms with Gasteiger partial charge in [-0.25, -0.2) is 9.63 Å². The van der Waals surface area contributed by atoms with Crippen LogP contribution in [-0.2, 0) is 4.84 Å². The van der Waals surface area contributed by atoms with Crippen molar-refractivity contribution in [3.8, 4) is 5.75 Å². The number of ether oxygens (including phenoxy) is 1. The zero-order valence-corrected chi connectivity index (χ0v) is 17.9. The van der Waals surface area contributed by atoms with Crippen molar-refractivity contribution in [1.29, 1.82) is 0 Å². The summed E-state index contributed by atoms with van der Waals surface area (Å²) >= 11 is 0. The summed E-state index contributed by atoms with van der Waals surface area (Å²) < 4.78 is 5.61. The molecule has 0 radical (unpaired) electrons. The minimum atomic E-state index is -0.608. The van der Waals surface area contributed by atoms with E-state index in [4.69, 9.17) is 9.57 Å². The van der Waals surface area contributed by atoms with Gasteiger partial charge < -0.3 is 19.9 Å². The quantitative estimate of drug-likeness (QED) is 0.774. The molecule has 29 heavy (non-hydrogen) atoms. The molecule has 0 unspecified atom stereocenters. The lowest BCUT2D eigenvalue weighted by atomic mass is 9.98. The van der Waals surface area contributed by atoms with Crippen LogP contribution in [0.25, 0.3) is 0 Å². The molecule has 2 saturated heterocycles. The average molecular weight is 406 g/mol. The van der Waals surface area contributed by atoms with Gasteiger partial charge in [-0.1, -0.05) is 6.92 Å². The minimum Gasteiger partial charge on any atom is -0.410 e. The predicted molar refractivity (Wildman–Crippen MR) is 112 cm³/mol. The van der Waals surface area contributed by atoms with Crippen molar-refractivity contribution in [2.75, 3.05) is 44.2 Å². The van der Waals surface area contributed by atoms with Gasteiger partial charge in [0.25, 0.3) is 4.92 Å². The standard InChI is InChI=1S/C21H33N4O4/c1-16-7-11-23(12-8-16)19-15-17(28-20(26)24-13-9-22-10-14-24)5-6-18(19)25(27)29-21(2,3)4/h5-6,15-16,22H,7-14H2,1-4H3/q+1. The number of piperidine rings is 1. The van der Waals surface area contributed by atoms with E-state index in [-0.39, 0.29) is 6.09 Å². The number of nitrogens with zero attached hydrogens (tertiary/aromatic N) is 3. The molecule has 3 rings (SSSR count). The SMILES string of the molecule is CC1CCN(c2cc(OC(=O)N3CCNCC3)ccc2[N+](=O)OC(C)(C)C)CC1. The maximum atomic E-state index is 12.7. The molecule has 1 aromatic carbocycles. The van der Waals surface area contributed by atoms with Crippen molar-refractivity contribution in [2.45, 2.75) is 46.1 Å². The Bertz CT molecular complexity index is 733. The number of rotatable bonds is 4. The predicted octanol–water partition coefficient (Wildman–Crippen LogP) is 3.47. The van der Waals surface area contributed by atoms with Gasteiger partial charge >= 0.3 is 11.8 Å². The third-order valence-corrected chi connectivity index (χ3v) is 5.21. The fraction of sp³-hybridized carbons (Fsp3) is 0.667. The lowest BCUT2D eigenvalue weighted by molar-refractivity contribution is -0.765. The van der Waals surface area contributed by atoms with Crippen molar-refractivity contribution in [3.63, 3.8) is 0 Å². The molecule has 2 aliphatic rings. The highest BCUT2D eigenvalue weighted by Crippen LogP contribution is 2.36. The first-order valence-corrected chi connectivity index (χ1v) is 10.5. The molecular formula is C21H33N4O4+. The average Bonchev–Trinajstić information content (AvgIpc) is 2.68. The van der Waals surface area contributed by atoms with Crippen LogP contribution in [0.3, 0.4) is 0 Å². The van der Waals surface area contributed by atoms with Crippen LogP contribution >= 0.6 is 0 Å². The molecule has 0 aromatic heterocycles. The Morgan fingerprint density at radius 3 is 2.41 bits per heavy atom. The van der Waals surface area contributed by atoms with Crippen molar-refractivity contribution in [2.24, 2.45) is 5.92 Å². The normalized spacial score (nSPS) is 18.5. The molecule has 0 saturated carbocycles. The maximum Gasteiger partial charge on any atom is 0.415 e. The summed E-state index contributed by atoms with van der Waals surface area (Å²) in [7, 11) is 0. The topological polar surface area (TPSA) is 74.1 Å². The Labute approximate surface area is 172 Å². The monoisotopic (exact) mass is 405 g/mol. The first-order valence-electron chi connectivity index (χ1n) is 10.5. The third kappa shape index (κ3) is 5.82. The van der Waals surface area contributed by atoms with Gasteiger partial charge in [0.15, 0.2) is 5.60 Å². The second-order valence-electron chi connectivity index (χ2n) is 8.89. The second kappa shape index (κ2) is 8.98. The molecule has 1 aromatic rings. The van der Waals surface area contributed by atoms with Crippen LogP contribution in [0.5, 0.6) is 5.75 Å². The van der Waals surface area contributed by atoms with E-state index in [1.165, 1.54) is 0 Å². The highest BCUT2D eigenvalue weighted by atomic mass is 16.8. The lowest BCUT2D eigenvalue weighted by Gasteiger charge is -2.32. The molecule has 2 heterocycles. The van der Waals surface area contributed by atoms with Crippen molar-refractivity contribution in [1.82, 2.24) is 10.2 Å². The van der Waals surface area contributed by atoms with Gasteiger partial charge in [0, 0.05) is 51.4 Å². The number of amides is 1. The van der Waals surface area contributed by atoms with E-state index in [1.54, 1.807) is 23.1 Å². The molecule has 0 spiro atoms. The van der Waals surface area contributed by atoms with E-state index in [0.717, 1.165) is 44.7 Å². The number of carbonyl (C=O) groups excluding carboxylic acids is 1. The fourth-order valence-corrected chi connectivity index (χ4v) is 3.53. The molecule has 0 bridgehead atoms. The minimum absolute atomic E-state index is 0.359. The fourth-order valence-electron chi connectivity index (χ4n) is 3.53. The molecule has 0 aliphatic carbocycles. The smallest absolute Gasteiger partial charge is 0.410 e. The van der Waals surface area contributed by atoms with Crippen LogP contribution in [0.15, 0.2) is 18.2 Å². The van der Waals surface area contributed by atoms with Gasteiger partial charge in [0.1, 0.15) is 11.4 Å². The van der Waals surface area contributed by atoms with Gasteiger partial charge in [0.2, 0.25) is 0 Å². The first kappa shape index (κ1) is 21.4. The third-order valence-electron chi connectivity index (χ3n) is 5.21. The van der Waals surface area contributed by atoms with Crippen LogP contribution in [0.4, 0.5) is 16.2 Å². The maximum absolute atomic E-state index is 12.7. The molecule has 1 N–H and O–H groups in total. The number of hydrogen-bond donors (Lipinski definition) is 1. The molecular weight excluding hydrogens is 372 g/mol. The van der Waals surface area contributed by atoms with Crippen molar-refractivity contribution in [3.05, 3.63) is 23.1 Å². The largest absolute Gasteiger partial charge is 0.415 e. The summed E-state index contributed by atoms with van der Waals surface area (Å²) in [4.78, 5) is 35.1. The summed E-state index contributed by atoms with van der Waals surface area (Å²) in [6, 6.07) is 5.11. The molecule has 8 heteroatoms. The van der Waals surface area contributed by atoms with Crippen molar-refractivity contribution < 1.29 is 19.3 Å². The van der Waals surface area contributed by atoms with Crippen LogP contribution in [0.1, 0.15) is 40.5 Å². The zero-order valence-electron chi connectivity index (χ0n) is 17.9. The molecule has 160 valence electrons. The molecule has 0 atom stereocenters. The van der Waals surface area contributed by atoms with E-state index in [9.17, 15) is 9.70 Å². The molecule has 2 aliphatic heterocycles. The van der Waals surface area contributed by atoms with Crippen LogP contribution < -0.4 is 15.0 Å².